The van der Waals surface area contributed by atoms with E-state index in [0.717, 1.165) is 21.9 Å². The van der Waals surface area contributed by atoms with E-state index in [-0.39, 0.29) is 30.5 Å². The van der Waals surface area contributed by atoms with Crippen molar-refractivity contribution in [3.63, 3.8) is 0 Å². The van der Waals surface area contributed by atoms with Gasteiger partial charge in [-0.05, 0) is 58.4 Å². The van der Waals surface area contributed by atoms with E-state index >= 15 is 0 Å². The maximum Gasteiger partial charge on any atom is 0.307 e. The Balaban J connectivity index is 1.77. The number of hydrogen-bond donors (Lipinski definition) is 2. The van der Waals surface area contributed by atoms with Crippen LogP contribution in [0.4, 0.5) is 0 Å². The lowest BCUT2D eigenvalue weighted by Gasteiger charge is -2.21. The zero-order valence-electron chi connectivity index (χ0n) is 19.6. The minimum atomic E-state index is -1.26. The van der Waals surface area contributed by atoms with Crippen LogP contribution in [0.3, 0.4) is 0 Å². The van der Waals surface area contributed by atoms with Crippen LogP contribution in [0, 0.1) is 17.8 Å². The number of halogens is 1. The largest absolute Gasteiger partial charge is 0.481 e. The molecule has 3 aromatic carbocycles. The van der Waals surface area contributed by atoms with E-state index in [1.54, 1.807) is 0 Å². The number of hydrogen-bond acceptors (Lipinski definition) is 3. The fourth-order valence-electron chi connectivity index (χ4n) is 4.22. The number of carbonyl (C=O) groups excluding carboxylic acids is 1. The normalized spacial score (nSPS) is 14.0. The van der Waals surface area contributed by atoms with Gasteiger partial charge in [0.15, 0.2) is 0 Å². The summed E-state index contributed by atoms with van der Waals surface area (Å²) in [5, 5.41) is 21.2. The second-order valence-corrected chi connectivity index (χ2v) is 9.45. The number of carboxylic acid groups (broad SMARTS) is 2. The average Bonchev–Trinajstić information content (AvgIpc) is 2.82. The molecule has 0 unspecified atom stereocenters. The van der Waals surface area contributed by atoms with Gasteiger partial charge in [-0.25, -0.2) is 0 Å². The van der Waals surface area contributed by atoms with Crippen LogP contribution >= 0.6 is 11.6 Å². The second-order valence-electron chi connectivity index (χ2n) is 9.02. The smallest absolute Gasteiger partial charge is 0.307 e. The van der Waals surface area contributed by atoms with E-state index in [9.17, 15) is 19.5 Å². The first kappa shape index (κ1) is 26.2. The maximum atomic E-state index is 12.7. The molecule has 0 saturated carbocycles. The van der Waals surface area contributed by atoms with Crippen molar-refractivity contribution < 1.29 is 24.6 Å². The highest BCUT2D eigenvalue weighted by Crippen LogP contribution is 2.26. The molecule has 0 aromatic heterocycles. The molecule has 35 heavy (non-hydrogen) atoms. The Labute approximate surface area is 210 Å². The molecule has 182 valence electrons. The summed E-state index contributed by atoms with van der Waals surface area (Å²) in [6.45, 7) is 1.97. The number of rotatable bonds is 12. The number of benzene rings is 3. The monoisotopic (exact) mass is 492 g/mol. The Morgan fingerprint density at radius 1 is 0.886 bits per heavy atom. The Kier molecular flexibility index (Phi) is 9.21. The van der Waals surface area contributed by atoms with E-state index in [1.807, 2.05) is 43.3 Å². The molecule has 0 fully saturated rings. The van der Waals surface area contributed by atoms with Crippen LogP contribution in [0.2, 0.25) is 5.02 Å². The van der Waals surface area contributed by atoms with Gasteiger partial charge in [0.05, 0.1) is 12.3 Å². The highest BCUT2D eigenvalue weighted by molar-refractivity contribution is 6.30. The van der Waals surface area contributed by atoms with E-state index in [1.165, 1.54) is 0 Å². The molecular formula is C29H29ClO5. The molecule has 2 N–H and O–H groups in total. The summed E-state index contributed by atoms with van der Waals surface area (Å²) in [5.41, 5.74) is 2.13. The van der Waals surface area contributed by atoms with Crippen molar-refractivity contribution in [3.05, 3.63) is 89.0 Å². The molecule has 3 rings (SSSR count). The molecule has 0 heterocycles. The molecule has 5 nitrogen and oxygen atoms in total. The van der Waals surface area contributed by atoms with Crippen LogP contribution in [-0.4, -0.2) is 27.9 Å². The molecule has 0 aliphatic carbocycles. The van der Waals surface area contributed by atoms with Crippen molar-refractivity contribution in [1.29, 1.82) is 0 Å². The summed E-state index contributed by atoms with van der Waals surface area (Å²) in [5.74, 6) is -4.01. The number of allylic oxidation sites excluding steroid dienone is 1. The van der Waals surface area contributed by atoms with Gasteiger partial charge in [0.1, 0.15) is 5.78 Å². The fourth-order valence-corrected chi connectivity index (χ4v) is 4.35. The van der Waals surface area contributed by atoms with Crippen LogP contribution < -0.4 is 0 Å². The first-order valence-corrected chi connectivity index (χ1v) is 12.0. The van der Waals surface area contributed by atoms with Crippen LogP contribution in [0.5, 0.6) is 0 Å². The summed E-state index contributed by atoms with van der Waals surface area (Å²) in [6, 6.07) is 22.0. The standard InChI is InChI=1S/C29H29ClO5/c1-19(14-27(31)17-25(29(34)35)18-28(32)33)23(15-21-8-12-26(30)13-9-21)11-7-20-6-10-22-4-2-3-5-24(22)16-20/h2-13,16,19,23,25H,14-15,17-18H2,1H3,(H,32,33)(H,34,35)/b11-7+/t19-,23-,25+/m1/s1. The minimum absolute atomic E-state index is 0.00866. The molecule has 0 amide bonds. The Morgan fingerprint density at radius 3 is 2.23 bits per heavy atom. The lowest BCUT2D eigenvalue weighted by Crippen LogP contribution is -2.23. The van der Waals surface area contributed by atoms with Gasteiger partial charge in [-0.1, -0.05) is 79.2 Å². The van der Waals surface area contributed by atoms with Crippen molar-refractivity contribution in [3.8, 4) is 0 Å². The van der Waals surface area contributed by atoms with Gasteiger partial charge in [0.25, 0.3) is 0 Å². The van der Waals surface area contributed by atoms with E-state index in [4.69, 9.17) is 16.7 Å². The summed E-state index contributed by atoms with van der Waals surface area (Å²) < 4.78 is 0. The Hall–Kier alpha value is -3.44. The van der Waals surface area contributed by atoms with Crippen LogP contribution in [0.1, 0.15) is 37.3 Å². The molecule has 0 saturated heterocycles. The quantitative estimate of drug-likeness (QED) is 0.300. The fraction of sp³-hybridized carbons (Fsp3) is 0.276. The third-order valence-electron chi connectivity index (χ3n) is 6.22. The zero-order valence-corrected chi connectivity index (χ0v) is 20.3. The molecular weight excluding hydrogens is 464 g/mol. The highest BCUT2D eigenvalue weighted by atomic mass is 35.5. The van der Waals surface area contributed by atoms with Gasteiger partial charge in [-0.3, -0.25) is 14.4 Å². The number of fused-ring (bicyclic) bond motifs is 1. The molecule has 0 radical (unpaired) electrons. The predicted octanol–water partition coefficient (Wildman–Crippen LogP) is 6.53. The lowest BCUT2D eigenvalue weighted by molar-refractivity contribution is -0.149. The van der Waals surface area contributed by atoms with Crippen molar-refractivity contribution in [2.75, 3.05) is 0 Å². The van der Waals surface area contributed by atoms with E-state index < -0.39 is 24.3 Å². The van der Waals surface area contributed by atoms with Gasteiger partial charge >= 0.3 is 11.9 Å². The third-order valence-corrected chi connectivity index (χ3v) is 6.47. The zero-order chi connectivity index (χ0) is 25.4. The third kappa shape index (κ3) is 8.08. The van der Waals surface area contributed by atoms with Crippen molar-refractivity contribution >= 4 is 46.2 Å². The Bertz CT molecular complexity index is 1220. The number of aliphatic carboxylic acids is 2. The van der Waals surface area contributed by atoms with Gasteiger partial charge in [-0.2, -0.15) is 0 Å². The highest BCUT2D eigenvalue weighted by Gasteiger charge is 2.26. The molecule has 0 aliphatic heterocycles. The van der Waals surface area contributed by atoms with Gasteiger partial charge < -0.3 is 10.2 Å². The SMILES string of the molecule is C[C@H](CC(=O)C[C@@H](CC(=O)O)C(=O)O)[C@H](/C=C/c1ccc2ccccc2c1)Cc1ccc(Cl)cc1. The summed E-state index contributed by atoms with van der Waals surface area (Å²) in [7, 11) is 0. The topological polar surface area (TPSA) is 91.7 Å². The summed E-state index contributed by atoms with van der Waals surface area (Å²) >= 11 is 6.03. The van der Waals surface area contributed by atoms with Gasteiger partial charge in [0, 0.05) is 17.9 Å². The molecule has 3 atom stereocenters. The molecule has 0 bridgehead atoms. The first-order valence-electron chi connectivity index (χ1n) is 11.6. The van der Waals surface area contributed by atoms with Crippen LogP contribution in [-0.2, 0) is 20.8 Å². The lowest BCUT2D eigenvalue weighted by atomic mass is 9.83. The summed E-state index contributed by atoms with van der Waals surface area (Å²) in [6.07, 6.45) is 4.16. The van der Waals surface area contributed by atoms with E-state index in [0.29, 0.717) is 11.4 Å². The van der Waals surface area contributed by atoms with Crippen molar-refractivity contribution in [2.45, 2.75) is 32.6 Å². The second kappa shape index (κ2) is 12.3. The van der Waals surface area contributed by atoms with Crippen molar-refractivity contribution in [2.24, 2.45) is 17.8 Å². The Morgan fingerprint density at radius 2 is 1.57 bits per heavy atom. The van der Waals surface area contributed by atoms with Gasteiger partial charge in [0.2, 0.25) is 0 Å². The molecule has 0 spiro atoms. The number of carbonyl (C=O) groups is 3. The molecule has 6 heteroatoms. The van der Waals surface area contributed by atoms with Gasteiger partial charge in [-0.15, -0.1) is 0 Å². The predicted molar refractivity (Wildman–Crippen MR) is 138 cm³/mol. The number of Topliss-reactive ketones (excluding diaryl/α,β-unsaturated/α-hetero) is 1. The van der Waals surface area contributed by atoms with Crippen LogP contribution in [0.15, 0.2) is 72.8 Å². The molecule has 0 aliphatic rings. The average molecular weight is 493 g/mol. The molecule has 3 aromatic rings. The maximum absolute atomic E-state index is 12.7. The van der Waals surface area contributed by atoms with Crippen molar-refractivity contribution in [1.82, 2.24) is 0 Å². The van der Waals surface area contributed by atoms with E-state index in [2.05, 4.69) is 42.5 Å². The minimum Gasteiger partial charge on any atom is -0.481 e. The first-order chi connectivity index (χ1) is 16.7. The van der Waals surface area contributed by atoms with Crippen LogP contribution in [0.25, 0.3) is 16.8 Å². The number of carboxylic acids is 2. The number of ketones is 1. The summed E-state index contributed by atoms with van der Waals surface area (Å²) in [4.78, 5) is 35.0.